The molecule has 0 aromatic heterocycles. The van der Waals surface area contributed by atoms with Crippen LogP contribution in [-0.2, 0) is 0 Å². The van der Waals surface area contributed by atoms with Gasteiger partial charge in [-0.1, -0.05) is 54.1 Å². The summed E-state index contributed by atoms with van der Waals surface area (Å²) >= 11 is 6.08. The normalized spacial score (nSPS) is 10.2. The molecule has 1 N–H and O–H groups in total. The average Bonchev–Trinajstić information content (AvgIpc) is 2.39. The summed E-state index contributed by atoms with van der Waals surface area (Å²) in [7, 11) is 0. The lowest BCUT2D eigenvalue weighted by atomic mass is 10.0. The fourth-order valence-corrected chi connectivity index (χ4v) is 1.87. The van der Waals surface area contributed by atoms with E-state index in [1.54, 1.807) is 12.1 Å². The van der Waals surface area contributed by atoms with Crippen molar-refractivity contribution in [2.75, 3.05) is 6.61 Å². The van der Waals surface area contributed by atoms with Crippen molar-refractivity contribution in [1.29, 1.82) is 0 Å². The Kier molecular flexibility index (Phi) is 3.57. The molecule has 0 atom stereocenters. The topological polar surface area (TPSA) is 37.3 Å². The number of aliphatic hydroxyl groups excluding tert-OH is 1. The predicted octanol–water partition coefficient (Wildman–Crippen LogP) is 3.18. The van der Waals surface area contributed by atoms with Crippen molar-refractivity contribution in [2.45, 2.75) is 0 Å². The van der Waals surface area contributed by atoms with Gasteiger partial charge in [-0.2, -0.15) is 0 Å². The highest BCUT2D eigenvalue weighted by atomic mass is 35.5. The highest BCUT2D eigenvalue weighted by Gasteiger charge is 2.05. The van der Waals surface area contributed by atoms with E-state index in [2.05, 4.69) is 0 Å². The number of carbonyl (C=O) groups is 1. The van der Waals surface area contributed by atoms with Crippen LogP contribution in [0.2, 0.25) is 5.02 Å². The minimum atomic E-state index is -0.467. The van der Waals surface area contributed by atoms with Crippen LogP contribution in [0.5, 0.6) is 0 Å². The van der Waals surface area contributed by atoms with Crippen molar-refractivity contribution < 1.29 is 9.90 Å². The molecule has 0 heterocycles. The van der Waals surface area contributed by atoms with Gasteiger partial charge in [-0.25, -0.2) is 0 Å². The first-order chi connectivity index (χ1) is 8.22. The second-order valence-electron chi connectivity index (χ2n) is 3.64. The SMILES string of the molecule is O=C(CO)c1ccc(-c2ccccc2Cl)cc1. The minimum absolute atomic E-state index is 0.282. The first-order valence-corrected chi connectivity index (χ1v) is 5.59. The van der Waals surface area contributed by atoms with Crippen molar-refractivity contribution >= 4 is 17.4 Å². The number of ketones is 1. The molecule has 0 radical (unpaired) electrons. The van der Waals surface area contributed by atoms with Crippen molar-refractivity contribution in [3.05, 3.63) is 59.1 Å². The van der Waals surface area contributed by atoms with Gasteiger partial charge in [0.2, 0.25) is 0 Å². The Morgan fingerprint density at radius 1 is 1.06 bits per heavy atom. The molecule has 0 spiro atoms. The molecule has 0 aliphatic heterocycles. The van der Waals surface area contributed by atoms with Crippen LogP contribution in [-0.4, -0.2) is 17.5 Å². The monoisotopic (exact) mass is 246 g/mol. The summed E-state index contributed by atoms with van der Waals surface area (Å²) in [6.07, 6.45) is 0. The van der Waals surface area contributed by atoms with Gasteiger partial charge >= 0.3 is 0 Å². The summed E-state index contributed by atoms with van der Waals surface area (Å²) in [5, 5.41) is 9.42. The van der Waals surface area contributed by atoms with Gasteiger partial charge in [0.05, 0.1) is 0 Å². The highest BCUT2D eigenvalue weighted by Crippen LogP contribution is 2.27. The number of Topliss-reactive ketones (excluding diaryl/α,β-unsaturated/α-hetero) is 1. The molecule has 2 nitrogen and oxygen atoms in total. The fourth-order valence-electron chi connectivity index (χ4n) is 1.62. The summed E-state index contributed by atoms with van der Waals surface area (Å²) in [4.78, 5) is 11.3. The largest absolute Gasteiger partial charge is 0.388 e. The first-order valence-electron chi connectivity index (χ1n) is 5.21. The van der Waals surface area contributed by atoms with Gasteiger partial charge in [0, 0.05) is 16.1 Å². The summed E-state index contributed by atoms with van der Waals surface area (Å²) in [6.45, 7) is -0.467. The van der Waals surface area contributed by atoms with E-state index < -0.39 is 6.61 Å². The quantitative estimate of drug-likeness (QED) is 0.845. The Morgan fingerprint density at radius 2 is 1.71 bits per heavy atom. The number of rotatable bonds is 3. The zero-order valence-electron chi connectivity index (χ0n) is 9.06. The van der Waals surface area contributed by atoms with Crippen LogP contribution in [0.3, 0.4) is 0 Å². The lowest BCUT2D eigenvalue weighted by Gasteiger charge is -2.05. The van der Waals surface area contributed by atoms with Gasteiger partial charge in [0.15, 0.2) is 5.78 Å². The van der Waals surface area contributed by atoms with E-state index in [1.165, 1.54) is 0 Å². The van der Waals surface area contributed by atoms with E-state index in [0.717, 1.165) is 11.1 Å². The molecule has 86 valence electrons. The van der Waals surface area contributed by atoms with Crippen molar-refractivity contribution in [1.82, 2.24) is 0 Å². The van der Waals surface area contributed by atoms with E-state index in [9.17, 15) is 4.79 Å². The van der Waals surface area contributed by atoms with Gasteiger partial charge in [-0.3, -0.25) is 4.79 Å². The number of hydrogen-bond donors (Lipinski definition) is 1. The number of carbonyl (C=O) groups excluding carboxylic acids is 1. The smallest absolute Gasteiger partial charge is 0.188 e. The molecular weight excluding hydrogens is 236 g/mol. The second-order valence-corrected chi connectivity index (χ2v) is 4.05. The van der Waals surface area contributed by atoms with Gasteiger partial charge < -0.3 is 5.11 Å². The van der Waals surface area contributed by atoms with Crippen LogP contribution in [0, 0.1) is 0 Å². The molecule has 0 unspecified atom stereocenters. The van der Waals surface area contributed by atoms with E-state index in [4.69, 9.17) is 16.7 Å². The Balaban J connectivity index is 2.36. The van der Waals surface area contributed by atoms with Gasteiger partial charge in [0.1, 0.15) is 6.61 Å². The first kappa shape index (κ1) is 11.8. The van der Waals surface area contributed by atoms with Crippen molar-refractivity contribution in [3.8, 4) is 11.1 Å². The summed E-state index contributed by atoms with van der Waals surface area (Å²) < 4.78 is 0. The fraction of sp³-hybridized carbons (Fsp3) is 0.0714. The molecule has 2 aromatic carbocycles. The Labute approximate surface area is 104 Å². The van der Waals surface area contributed by atoms with Crippen LogP contribution in [0.4, 0.5) is 0 Å². The van der Waals surface area contributed by atoms with Crippen LogP contribution in [0.15, 0.2) is 48.5 Å². The summed E-state index contributed by atoms with van der Waals surface area (Å²) in [6, 6.07) is 14.6. The third-order valence-electron chi connectivity index (χ3n) is 2.54. The number of halogens is 1. The minimum Gasteiger partial charge on any atom is -0.388 e. The molecule has 0 saturated carbocycles. The number of aliphatic hydroxyl groups is 1. The van der Waals surface area contributed by atoms with Crippen LogP contribution >= 0.6 is 11.6 Å². The zero-order chi connectivity index (χ0) is 12.3. The molecule has 0 aliphatic rings. The molecule has 0 bridgehead atoms. The standard InChI is InChI=1S/C14H11ClO2/c15-13-4-2-1-3-12(13)10-5-7-11(8-6-10)14(17)9-16/h1-8,16H,9H2. The van der Waals surface area contributed by atoms with Crippen LogP contribution in [0.25, 0.3) is 11.1 Å². The molecule has 0 amide bonds. The number of hydrogen-bond acceptors (Lipinski definition) is 2. The van der Waals surface area contributed by atoms with Crippen LogP contribution < -0.4 is 0 Å². The summed E-state index contributed by atoms with van der Waals surface area (Å²) in [5.74, 6) is -0.282. The zero-order valence-corrected chi connectivity index (χ0v) is 9.82. The Bertz CT molecular complexity index is 532. The maximum absolute atomic E-state index is 11.3. The lowest BCUT2D eigenvalue weighted by molar-refractivity contribution is 0.0904. The molecule has 2 aromatic rings. The lowest BCUT2D eigenvalue weighted by Crippen LogP contribution is -2.03. The average molecular weight is 247 g/mol. The maximum atomic E-state index is 11.3. The van der Waals surface area contributed by atoms with E-state index >= 15 is 0 Å². The van der Waals surface area contributed by atoms with Gasteiger partial charge in [-0.05, 0) is 11.6 Å². The van der Waals surface area contributed by atoms with Crippen molar-refractivity contribution in [2.24, 2.45) is 0 Å². The molecular formula is C14H11ClO2. The third kappa shape index (κ3) is 2.54. The van der Waals surface area contributed by atoms with E-state index in [1.807, 2.05) is 36.4 Å². The molecule has 17 heavy (non-hydrogen) atoms. The van der Waals surface area contributed by atoms with E-state index in [0.29, 0.717) is 10.6 Å². The molecule has 3 heteroatoms. The molecule has 2 rings (SSSR count). The Hall–Kier alpha value is -1.64. The third-order valence-corrected chi connectivity index (χ3v) is 2.86. The predicted molar refractivity (Wildman–Crippen MR) is 68.3 cm³/mol. The number of benzene rings is 2. The van der Waals surface area contributed by atoms with E-state index in [-0.39, 0.29) is 5.78 Å². The Morgan fingerprint density at radius 3 is 2.29 bits per heavy atom. The summed E-state index contributed by atoms with van der Waals surface area (Å²) in [5.41, 5.74) is 2.38. The molecule has 0 aliphatic carbocycles. The van der Waals surface area contributed by atoms with Gasteiger partial charge in [-0.15, -0.1) is 0 Å². The molecule has 0 fully saturated rings. The molecule has 0 saturated heterocycles. The highest BCUT2D eigenvalue weighted by molar-refractivity contribution is 6.33. The van der Waals surface area contributed by atoms with Crippen LogP contribution in [0.1, 0.15) is 10.4 Å². The van der Waals surface area contributed by atoms with Gasteiger partial charge in [0.25, 0.3) is 0 Å². The second kappa shape index (κ2) is 5.13. The maximum Gasteiger partial charge on any atom is 0.188 e. The van der Waals surface area contributed by atoms with Crippen molar-refractivity contribution in [3.63, 3.8) is 0 Å².